The van der Waals surface area contributed by atoms with Crippen LogP contribution in [0.2, 0.25) is 0 Å². The molecule has 0 saturated carbocycles. The van der Waals surface area contributed by atoms with Crippen LogP contribution in [0.1, 0.15) is 33.2 Å². The van der Waals surface area contributed by atoms with E-state index in [1.165, 1.54) is 0 Å². The van der Waals surface area contributed by atoms with E-state index in [9.17, 15) is 4.79 Å². The monoisotopic (exact) mass is 211 g/mol. The molecule has 1 rings (SSSR count). The van der Waals surface area contributed by atoms with Crippen molar-refractivity contribution in [2.24, 2.45) is 0 Å². The average Bonchev–Trinajstić information content (AvgIpc) is 2.61. The molecule has 0 aromatic carbocycles. The number of nitrogens with zero attached hydrogens (tertiary/aromatic N) is 2. The first kappa shape index (κ1) is 11.6. The van der Waals surface area contributed by atoms with Gasteiger partial charge in [0.2, 0.25) is 0 Å². The second kappa shape index (κ2) is 4.82. The van der Waals surface area contributed by atoms with Crippen molar-refractivity contribution >= 4 is 11.7 Å². The smallest absolute Gasteiger partial charge is 0.326 e. The van der Waals surface area contributed by atoms with Gasteiger partial charge in [0.05, 0.1) is 11.9 Å². The lowest BCUT2D eigenvalue weighted by molar-refractivity contribution is -0.137. The molecule has 15 heavy (non-hydrogen) atoms. The number of aliphatic carboxylic acids is 1. The number of anilines is 1. The van der Waals surface area contributed by atoms with Gasteiger partial charge in [-0.15, -0.1) is 0 Å². The third-order valence-corrected chi connectivity index (χ3v) is 2.18. The van der Waals surface area contributed by atoms with E-state index in [0.29, 0.717) is 6.42 Å². The molecule has 0 saturated heterocycles. The minimum Gasteiger partial charge on any atom is -0.480 e. The number of carboxylic acids is 1. The lowest BCUT2D eigenvalue weighted by atomic mass is 10.2. The Morgan fingerprint density at radius 2 is 2.33 bits per heavy atom. The molecule has 0 radical (unpaired) electrons. The molecule has 0 bridgehead atoms. The van der Waals surface area contributed by atoms with Crippen LogP contribution in [0.15, 0.2) is 12.4 Å². The molecule has 5 nitrogen and oxygen atoms in total. The quantitative estimate of drug-likeness (QED) is 0.778. The fourth-order valence-corrected chi connectivity index (χ4v) is 1.23. The Kier molecular flexibility index (Phi) is 3.71. The van der Waals surface area contributed by atoms with E-state index < -0.39 is 12.0 Å². The molecule has 0 aliphatic carbocycles. The Labute approximate surface area is 89.1 Å². The summed E-state index contributed by atoms with van der Waals surface area (Å²) in [5.41, 5.74) is 0.748. The highest BCUT2D eigenvalue weighted by Gasteiger charge is 2.15. The number of nitrogens with one attached hydrogen (secondary N) is 1. The van der Waals surface area contributed by atoms with Crippen LogP contribution in [0.5, 0.6) is 0 Å². The normalized spacial score (nSPS) is 12.8. The van der Waals surface area contributed by atoms with E-state index in [1.807, 2.05) is 27.0 Å². The first-order valence-corrected chi connectivity index (χ1v) is 5.08. The summed E-state index contributed by atoms with van der Waals surface area (Å²) >= 11 is 0. The maximum atomic E-state index is 10.8. The lowest BCUT2D eigenvalue weighted by Gasteiger charge is -2.11. The van der Waals surface area contributed by atoms with Gasteiger partial charge in [-0.2, -0.15) is 5.10 Å². The Balaban J connectivity index is 2.67. The summed E-state index contributed by atoms with van der Waals surface area (Å²) in [6.45, 7) is 5.87. The Bertz CT molecular complexity index is 333. The molecule has 0 spiro atoms. The van der Waals surface area contributed by atoms with Crippen LogP contribution in [0.4, 0.5) is 5.69 Å². The van der Waals surface area contributed by atoms with Crippen LogP contribution >= 0.6 is 0 Å². The van der Waals surface area contributed by atoms with Crippen molar-refractivity contribution in [3.05, 3.63) is 12.4 Å². The van der Waals surface area contributed by atoms with Crippen molar-refractivity contribution in [1.82, 2.24) is 9.78 Å². The van der Waals surface area contributed by atoms with Gasteiger partial charge < -0.3 is 10.4 Å². The molecule has 0 fully saturated rings. The van der Waals surface area contributed by atoms with Crippen LogP contribution in [0.25, 0.3) is 0 Å². The van der Waals surface area contributed by atoms with E-state index in [0.717, 1.165) is 5.69 Å². The lowest BCUT2D eigenvalue weighted by Crippen LogP contribution is -2.28. The molecule has 0 aliphatic heterocycles. The van der Waals surface area contributed by atoms with Gasteiger partial charge >= 0.3 is 5.97 Å². The van der Waals surface area contributed by atoms with Gasteiger partial charge in [0.25, 0.3) is 0 Å². The van der Waals surface area contributed by atoms with Crippen molar-refractivity contribution < 1.29 is 9.90 Å². The third-order valence-electron chi connectivity index (χ3n) is 2.18. The summed E-state index contributed by atoms with van der Waals surface area (Å²) in [5.74, 6) is -0.838. The molecule has 0 amide bonds. The third kappa shape index (κ3) is 2.97. The van der Waals surface area contributed by atoms with Crippen LogP contribution in [-0.2, 0) is 4.79 Å². The molecule has 1 aromatic heterocycles. The first-order valence-electron chi connectivity index (χ1n) is 5.08. The topological polar surface area (TPSA) is 67.2 Å². The van der Waals surface area contributed by atoms with Gasteiger partial charge in [-0.05, 0) is 20.3 Å². The zero-order valence-electron chi connectivity index (χ0n) is 9.27. The summed E-state index contributed by atoms with van der Waals surface area (Å²) in [6.07, 6.45) is 4.00. The first-order chi connectivity index (χ1) is 7.04. The molecule has 1 unspecified atom stereocenters. The zero-order valence-corrected chi connectivity index (χ0v) is 9.27. The van der Waals surface area contributed by atoms with Crippen LogP contribution in [-0.4, -0.2) is 26.9 Å². The number of hydrogen-bond donors (Lipinski definition) is 2. The highest BCUT2D eigenvalue weighted by atomic mass is 16.4. The number of hydrogen-bond acceptors (Lipinski definition) is 3. The second-order valence-electron chi connectivity index (χ2n) is 3.75. The number of aromatic nitrogens is 2. The van der Waals surface area contributed by atoms with Gasteiger partial charge in [0, 0.05) is 12.2 Å². The van der Waals surface area contributed by atoms with Gasteiger partial charge in [-0.3, -0.25) is 4.68 Å². The average molecular weight is 211 g/mol. The molecule has 84 valence electrons. The fourth-order valence-electron chi connectivity index (χ4n) is 1.23. The van der Waals surface area contributed by atoms with Crippen LogP contribution in [0.3, 0.4) is 0 Å². The van der Waals surface area contributed by atoms with Crippen molar-refractivity contribution in [3.63, 3.8) is 0 Å². The summed E-state index contributed by atoms with van der Waals surface area (Å²) in [6, 6.07) is -0.264. The van der Waals surface area contributed by atoms with Gasteiger partial charge in [-0.1, -0.05) is 6.92 Å². The zero-order chi connectivity index (χ0) is 11.4. The maximum Gasteiger partial charge on any atom is 0.326 e. The Morgan fingerprint density at radius 3 is 2.73 bits per heavy atom. The Morgan fingerprint density at radius 1 is 1.67 bits per heavy atom. The van der Waals surface area contributed by atoms with Gasteiger partial charge in [0.1, 0.15) is 6.04 Å². The fraction of sp³-hybridized carbons (Fsp3) is 0.600. The standard InChI is InChI=1S/C10H17N3O2/c1-4-9(10(14)15)12-8-5-11-13(6-8)7(2)3/h5-7,9,12H,4H2,1-3H3,(H,14,15). The summed E-state index contributed by atoms with van der Waals surface area (Å²) in [4.78, 5) is 10.8. The number of rotatable bonds is 5. The maximum absolute atomic E-state index is 10.8. The molecule has 1 heterocycles. The van der Waals surface area contributed by atoms with E-state index in [1.54, 1.807) is 10.9 Å². The van der Waals surface area contributed by atoms with E-state index in [-0.39, 0.29) is 6.04 Å². The summed E-state index contributed by atoms with van der Waals surface area (Å²) in [7, 11) is 0. The SMILES string of the molecule is CCC(Nc1cnn(C(C)C)c1)C(=O)O. The Hall–Kier alpha value is -1.52. The molecular weight excluding hydrogens is 194 g/mol. The number of carboxylic acid groups (broad SMARTS) is 1. The predicted molar refractivity (Wildman–Crippen MR) is 57.9 cm³/mol. The molecule has 5 heteroatoms. The van der Waals surface area contributed by atoms with Gasteiger partial charge in [0.15, 0.2) is 0 Å². The minimum atomic E-state index is -0.838. The van der Waals surface area contributed by atoms with Crippen molar-refractivity contribution in [1.29, 1.82) is 0 Å². The highest BCUT2D eigenvalue weighted by molar-refractivity contribution is 5.76. The largest absolute Gasteiger partial charge is 0.480 e. The highest BCUT2D eigenvalue weighted by Crippen LogP contribution is 2.12. The van der Waals surface area contributed by atoms with Crippen LogP contribution in [0, 0.1) is 0 Å². The summed E-state index contributed by atoms with van der Waals surface area (Å²) in [5, 5.41) is 15.9. The summed E-state index contributed by atoms with van der Waals surface area (Å²) < 4.78 is 1.79. The second-order valence-corrected chi connectivity index (χ2v) is 3.75. The van der Waals surface area contributed by atoms with Crippen molar-refractivity contribution in [2.45, 2.75) is 39.3 Å². The molecular formula is C10H17N3O2. The van der Waals surface area contributed by atoms with Crippen LogP contribution < -0.4 is 5.32 Å². The van der Waals surface area contributed by atoms with Crippen molar-refractivity contribution in [3.8, 4) is 0 Å². The van der Waals surface area contributed by atoms with E-state index in [4.69, 9.17) is 5.11 Å². The molecule has 1 atom stereocenters. The molecule has 0 aliphatic rings. The van der Waals surface area contributed by atoms with Crippen molar-refractivity contribution in [2.75, 3.05) is 5.32 Å². The molecule has 1 aromatic rings. The predicted octanol–water partition coefficient (Wildman–Crippen LogP) is 1.74. The minimum absolute atomic E-state index is 0.283. The molecule has 2 N–H and O–H groups in total. The van der Waals surface area contributed by atoms with Gasteiger partial charge in [-0.25, -0.2) is 4.79 Å². The van der Waals surface area contributed by atoms with E-state index in [2.05, 4.69) is 10.4 Å². The number of carbonyl (C=O) groups is 1. The van der Waals surface area contributed by atoms with E-state index >= 15 is 0 Å².